The maximum Gasteiger partial charge on any atom is 0.332 e. The molecular weight excluding hydrogens is 484 g/mol. The lowest BCUT2D eigenvalue weighted by molar-refractivity contribution is -0.0259. The lowest BCUT2D eigenvalue weighted by Crippen LogP contribution is -2.42. The van der Waals surface area contributed by atoms with E-state index in [1.165, 1.54) is 9.13 Å². The van der Waals surface area contributed by atoms with Gasteiger partial charge in [0.05, 0.1) is 47.2 Å². The number of ether oxygens (including phenoxy) is 1. The lowest BCUT2D eigenvalue weighted by atomic mass is 9.94. The molecule has 10 heteroatoms. The first-order valence-corrected chi connectivity index (χ1v) is 13.3. The highest BCUT2D eigenvalue weighted by Gasteiger charge is 2.29. The molecule has 1 aliphatic carbocycles. The van der Waals surface area contributed by atoms with Gasteiger partial charge in [0.2, 0.25) is 0 Å². The van der Waals surface area contributed by atoms with Crippen molar-refractivity contribution in [1.82, 2.24) is 19.8 Å². The molecule has 2 heterocycles. The van der Waals surface area contributed by atoms with Gasteiger partial charge in [-0.15, -0.1) is 0 Å². The van der Waals surface area contributed by atoms with Gasteiger partial charge in [-0.3, -0.25) is 13.9 Å². The monoisotopic (exact) mass is 520 g/mol. The number of benzene rings is 1. The second-order valence-electron chi connectivity index (χ2n) is 10.0. The van der Waals surface area contributed by atoms with Gasteiger partial charge in [0.25, 0.3) is 5.91 Å². The number of nitrogens with one attached hydrogen (secondary N) is 2. The number of hydrogen-bond donors (Lipinski definition) is 4. The van der Waals surface area contributed by atoms with Crippen LogP contribution in [0.15, 0.2) is 35.4 Å². The minimum absolute atomic E-state index is 0.107. The minimum Gasteiger partial charge on any atom is -0.389 e. The van der Waals surface area contributed by atoms with E-state index >= 15 is 0 Å². The van der Waals surface area contributed by atoms with Gasteiger partial charge >= 0.3 is 5.69 Å². The summed E-state index contributed by atoms with van der Waals surface area (Å²) < 4.78 is 8.63. The third-order valence-corrected chi connectivity index (χ3v) is 7.48. The molecule has 1 unspecified atom stereocenters. The molecule has 1 amide bonds. The predicted octanol–water partition coefficient (Wildman–Crippen LogP) is 2.24. The van der Waals surface area contributed by atoms with Gasteiger partial charge in [0.15, 0.2) is 0 Å². The molecule has 36 heavy (non-hydrogen) atoms. The Morgan fingerprint density at radius 2 is 1.92 bits per heavy atom. The first kappa shape index (κ1) is 26.9. The highest BCUT2D eigenvalue weighted by atomic mass is 35.5. The molecule has 4 N–H and O–H groups in total. The number of piperidine rings is 1. The highest BCUT2D eigenvalue weighted by molar-refractivity contribution is 6.33. The van der Waals surface area contributed by atoms with Gasteiger partial charge in [0, 0.05) is 18.9 Å². The third kappa shape index (κ3) is 6.98. The Hall–Kier alpha value is -2.17. The van der Waals surface area contributed by atoms with Gasteiger partial charge < -0.3 is 25.6 Å². The van der Waals surface area contributed by atoms with Crippen LogP contribution in [-0.4, -0.2) is 69.3 Å². The molecular formula is C26H37ClN4O5. The number of amides is 1. The summed E-state index contributed by atoms with van der Waals surface area (Å²) in [7, 11) is 0. The van der Waals surface area contributed by atoms with E-state index in [0.717, 1.165) is 51.6 Å². The summed E-state index contributed by atoms with van der Waals surface area (Å²) in [5.74, 6) is -0.391. The summed E-state index contributed by atoms with van der Waals surface area (Å²) in [6, 6.07) is 4.81. The van der Waals surface area contributed by atoms with Crippen LogP contribution in [0.25, 0.3) is 5.69 Å². The Morgan fingerprint density at radius 3 is 2.64 bits per heavy atom. The number of imidazole rings is 1. The van der Waals surface area contributed by atoms with Crippen LogP contribution >= 0.6 is 11.6 Å². The first-order valence-electron chi connectivity index (χ1n) is 12.9. The van der Waals surface area contributed by atoms with E-state index < -0.39 is 17.6 Å². The van der Waals surface area contributed by atoms with Crippen molar-refractivity contribution in [2.45, 2.75) is 75.7 Å². The second-order valence-corrected chi connectivity index (χ2v) is 10.4. The van der Waals surface area contributed by atoms with Crippen LogP contribution in [0.5, 0.6) is 0 Å². The summed E-state index contributed by atoms with van der Waals surface area (Å²) >= 11 is 6.31. The molecule has 1 aliphatic heterocycles. The first-order chi connectivity index (χ1) is 17.3. The number of aliphatic hydroxyl groups excluding tert-OH is 1. The van der Waals surface area contributed by atoms with E-state index in [9.17, 15) is 19.8 Å². The molecule has 198 valence electrons. The van der Waals surface area contributed by atoms with Crippen LogP contribution in [0, 0.1) is 0 Å². The van der Waals surface area contributed by atoms with E-state index in [0.29, 0.717) is 18.5 Å². The number of halogens is 1. The van der Waals surface area contributed by atoms with Crippen molar-refractivity contribution < 1.29 is 19.7 Å². The molecule has 2 aromatic rings. The molecule has 0 radical (unpaired) electrons. The van der Waals surface area contributed by atoms with Crippen molar-refractivity contribution >= 4 is 17.5 Å². The molecule has 4 rings (SSSR count). The fourth-order valence-corrected chi connectivity index (χ4v) is 5.18. The number of aliphatic hydroxyl groups is 2. The number of nitrogens with zero attached hydrogens (tertiary/aromatic N) is 2. The largest absolute Gasteiger partial charge is 0.389 e. The van der Waals surface area contributed by atoms with E-state index in [4.69, 9.17) is 16.3 Å². The topological polar surface area (TPSA) is 118 Å². The Morgan fingerprint density at radius 1 is 1.19 bits per heavy atom. The van der Waals surface area contributed by atoms with Crippen LogP contribution in [0.1, 0.15) is 61.7 Å². The third-order valence-electron chi connectivity index (χ3n) is 7.15. The molecule has 1 aromatic carbocycles. The van der Waals surface area contributed by atoms with Crippen molar-refractivity contribution in [3.8, 4) is 5.69 Å². The zero-order chi connectivity index (χ0) is 25.5. The van der Waals surface area contributed by atoms with Crippen molar-refractivity contribution in [2.75, 3.05) is 26.2 Å². The van der Waals surface area contributed by atoms with Crippen molar-refractivity contribution in [2.24, 2.45) is 0 Å². The second kappa shape index (κ2) is 12.4. The summed E-state index contributed by atoms with van der Waals surface area (Å²) in [5, 5.41) is 27.6. The highest BCUT2D eigenvalue weighted by Crippen LogP contribution is 2.27. The normalized spacial score (nSPS) is 19.5. The predicted molar refractivity (Wildman–Crippen MR) is 138 cm³/mol. The van der Waals surface area contributed by atoms with Crippen LogP contribution in [0.3, 0.4) is 0 Å². The molecule has 0 spiro atoms. The van der Waals surface area contributed by atoms with Crippen molar-refractivity contribution in [1.29, 1.82) is 0 Å². The molecule has 1 atom stereocenters. The number of carbonyl (C=O) groups excluding carboxylic acids is 1. The average Bonchev–Trinajstić information content (AvgIpc) is 3.09. The Bertz CT molecular complexity index is 1070. The van der Waals surface area contributed by atoms with Crippen LogP contribution in [-0.2, 0) is 11.3 Å². The van der Waals surface area contributed by atoms with Crippen molar-refractivity contribution in [3.05, 3.63) is 51.7 Å². The Kier molecular flexibility index (Phi) is 9.25. The maximum absolute atomic E-state index is 13.0. The Balaban J connectivity index is 1.39. The van der Waals surface area contributed by atoms with Crippen LogP contribution < -0.4 is 16.3 Å². The molecule has 2 aliphatic rings. The SMILES string of the molecule is O=C(NCC1(O)CCCCCC1)c1cc(-n2ccn(CC(O)COC3CCNCC3)c2=O)ccc1Cl. The zero-order valence-corrected chi connectivity index (χ0v) is 21.4. The summed E-state index contributed by atoms with van der Waals surface area (Å²) in [5.41, 5.74) is -0.510. The molecule has 1 saturated heterocycles. The number of aromatic nitrogens is 2. The smallest absolute Gasteiger partial charge is 0.332 e. The van der Waals surface area contributed by atoms with E-state index in [1.54, 1.807) is 30.6 Å². The maximum atomic E-state index is 13.0. The van der Waals surface area contributed by atoms with Gasteiger partial charge in [0.1, 0.15) is 0 Å². The van der Waals surface area contributed by atoms with Gasteiger partial charge in [-0.1, -0.05) is 37.3 Å². The summed E-state index contributed by atoms with van der Waals surface area (Å²) in [6.07, 6.45) is 9.76. The molecule has 9 nitrogen and oxygen atoms in total. The Labute approximate surface area is 216 Å². The summed E-state index contributed by atoms with van der Waals surface area (Å²) in [6.45, 7) is 2.26. The van der Waals surface area contributed by atoms with Gasteiger partial charge in [-0.2, -0.15) is 0 Å². The van der Waals surface area contributed by atoms with Crippen LogP contribution in [0.2, 0.25) is 5.02 Å². The van der Waals surface area contributed by atoms with Crippen molar-refractivity contribution in [3.63, 3.8) is 0 Å². The lowest BCUT2D eigenvalue weighted by Gasteiger charge is -2.26. The minimum atomic E-state index is -0.900. The fraction of sp³-hybridized carbons (Fsp3) is 0.615. The standard InChI is InChI=1S/C26H37ClN4O5/c27-23-6-5-19(15-22(23)24(33)29-18-26(35)9-3-1-2-4-10-26)31-14-13-30(25(31)34)16-20(32)17-36-21-7-11-28-12-8-21/h5-6,13-15,20-21,28,32,35H,1-4,7-12,16-18H2,(H,29,33). The van der Waals surface area contributed by atoms with E-state index in [1.807, 2.05) is 0 Å². The number of carbonyl (C=O) groups is 1. The molecule has 1 saturated carbocycles. The summed E-state index contributed by atoms with van der Waals surface area (Å²) in [4.78, 5) is 25.9. The van der Waals surface area contributed by atoms with E-state index in [-0.39, 0.29) is 42.1 Å². The zero-order valence-electron chi connectivity index (χ0n) is 20.6. The molecule has 2 fully saturated rings. The quantitative estimate of drug-likeness (QED) is 0.377. The number of hydrogen-bond acceptors (Lipinski definition) is 6. The fourth-order valence-electron chi connectivity index (χ4n) is 4.98. The molecule has 0 bridgehead atoms. The molecule has 1 aromatic heterocycles. The van der Waals surface area contributed by atoms with Crippen LogP contribution in [0.4, 0.5) is 0 Å². The van der Waals surface area contributed by atoms with Gasteiger partial charge in [-0.05, 0) is 57.0 Å². The van der Waals surface area contributed by atoms with Gasteiger partial charge in [-0.25, -0.2) is 4.79 Å². The average molecular weight is 521 g/mol. The number of rotatable bonds is 9. The van der Waals surface area contributed by atoms with E-state index in [2.05, 4.69) is 10.6 Å².